The van der Waals surface area contributed by atoms with Gasteiger partial charge in [-0.15, -0.1) is 0 Å². The first-order valence-corrected chi connectivity index (χ1v) is 5.71. The van der Waals surface area contributed by atoms with Crippen LogP contribution in [0, 0.1) is 29.6 Å². The van der Waals surface area contributed by atoms with E-state index in [9.17, 15) is 5.11 Å². The van der Waals surface area contributed by atoms with Crippen LogP contribution in [0.1, 0.15) is 39.0 Å². The summed E-state index contributed by atoms with van der Waals surface area (Å²) < 4.78 is 0. The molecule has 1 radical (unpaired) electrons. The van der Waals surface area contributed by atoms with E-state index in [4.69, 9.17) is 0 Å². The van der Waals surface area contributed by atoms with Gasteiger partial charge in [-0.2, -0.15) is 0 Å². The van der Waals surface area contributed by atoms with Crippen molar-refractivity contribution in [2.24, 2.45) is 23.2 Å². The van der Waals surface area contributed by atoms with E-state index in [1.54, 1.807) is 0 Å². The van der Waals surface area contributed by atoms with Gasteiger partial charge in [0, 0.05) is 0 Å². The second-order valence-corrected chi connectivity index (χ2v) is 5.70. The van der Waals surface area contributed by atoms with Gasteiger partial charge in [0.15, 0.2) is 0 Å². The normalized spacial score (nSPS) is 55.4. The molecule has 4 rings (SSSR count). The van der Waals surface area contributed by atoms with E-state index in [1.807, 2.05) is 6.92 Å². The quantitative estimate of drug-likeness (QED) is 0.655. The molecular weight excluding hydrogens is 160 g/mol. The van der Waals surface area contributed by atoms with Crippen LogP contribution in [0.3, 0.4) is 0 Å². The lowest BCUT2D eigenvalue weighted by Gasteiger charge is -2.57. The third-order valence-electron chi connectivity index (χ3n) is 4.74. The Morgan fingerprint density at radius 3 is 2.31 bits per heavy atom. The highest BCUT2D eigenvalue weighted by molar-refractivity contribution is 5.09. The Morgan fingerprint density at radius 1 is 1.23 bits per heavy atom. The first-order valence-electron chi connectivity index (χ1n) is 5.71. The third-order valence-corrected chi connectivity index (χ3v) is 4.74. The van der Waals surface area contributed by atoms with Gasteiger partial charge in [0.05, 0.1) is 6.10 Å². The zero-order chi connectivity index (χ0) is 9.05. The lowest BCUT2D eigenvalue weighted by atomic mass is 9.48. The van der Waals surface area contributed by atoms with Crippen molar-refractivity contribution in [3.8, 4) is 0 Å². The van der Waals surface area contributed by atoms with Crippen molar-refractivity contribution in [3.63, 3.8) is 0 Å². The highest BCUT2D eigenvalue weighted by atomic mass is 16.3. The van der Waals surface area contributed by atoms with E-state index in [-0.39, 0.29) is 6.10 Å². The summed E-state index contributed by atoms with van der Waals surface area (Å²) in [5, 5.41) is 9.90. The second-order valence-electron chi connectivity index (χ2n) is 5.70. The zero-order valence-corrected chi connectivity index (χ0v) is 8.37. The molecule has 0 aromatic carbocycles. The molecule has 73 valence electrons. The van der Waals surface area contributed by atoms with E-state index in [0.717, 1.165) is 17.8 Å². The van der Waals surface area contributed by atoms with Crippen molar-refractivity contribution in [1.29, 1.82) is 0 Å². The van der Waals surface area contributed by atoms with E-state index in [1.165, 1.54) is 32.1 Å². The Morgan fingerprint density at radius 2 is 1.85 bits per heavy atom. The average Bonchev–Trinajstić information content (AvgIpc) is 2.00. The number of hydrogen-bond acceptors (Lipinski definition) is 1. The molecule has 3 unspecified atom stereocenters. The maximum atomic E-state index is 9.90. The smallest absolute Gasteiger partial charge is 0.0568 e. The van der Waals surface area contributed by atoms with Crippen molar-refractivity contribution in [3.05, 3.63) is 6.42 Å². The Labute approximate surface area is 80.5 Å². The van der Waals surface area contributed by atoms with Gasteiger partial charge < -0.3 is 5.11 Å². The summed E-state index contributed by atoms with van der Waals surface area (Å²) in [5.74, 6) is 2.64. The summed E-state index contributed by atoms with van der Waals surface area (Å²) in [6, 6.07) is 0. The minimum Gasteiger partial charge on any atom is -0.393 e. The molecule has 13 heavy (non-hydrogen) atoms. The van der Waals surface area contributed by atoms with Crippen molar-refractivity contribution >= 4 is 0 Å². The molecule has 4 aliphatic carbocycles. The Hall–Kier alpha value is -0.0400. The fraction of sp³-hybridized carbons (Fsp3) is 0.917. The van der Waals surface area contributed by atoms with Crippen molar-refractivity contribution in [2.75, 3.05) is 0 Å². The SMILES string of the molecule is CC(O)C12CC3[CH]C(CC(C3)C1)C2. The highest BCUT2D eigenvalue weighted by Gasteiger charge is 2.52. The van der Waals surface area contributed by atoms with Crippen LogP contribution in [-0.4, -0.2) is 11.2 Å². The Bertz CT molecular complexity index is 184. The molecule has 4 saturated carbocycles. The molecule has 4 fully saturated rings. The predicted molar refractivity (Wildman–Crippen MR) is 52.0 cm³/mol. The summed E-state index contributed by atoms with van der Waals surface area (Å²) in [6.45, 7) is 2.01. The summed E-state index contributed by atoms with van der Waals surface area (Å²) in [4.78, 5) is 0. The first kappa shape index (κ1) is 8.28. The van der Waals surface area contributed by atoms with Crippen LogP contribution in [-0.2, 0) is 0 Å². The maximum absolute atomic E-state index is 9.90. The van der Waals surface area contributed by atoms with E-state index in [0.29, 0.717) is 5.41 Å². The molecule has 0 saturated heterocycles. The minimum absolute atomic E-state index is 0.0747. The van der Waals surface area contributed by atoms with Crippen LogP contribution in [0.4, 0.5) is 0 Å². The van der Waals surface area contributed by atoms with Gasteiger partial charge in [-0.05, 0) is 68.6 Å². The molecule has 0 aromatic heterocycles. The van der Waals surface area contributed by atoms with E-state index < -0.39 is 0 Å². The summed E-state index contributed by atoms with van der Waals surface area (Å²) in [5.41, 5.74) is 0.325. The van der Waals surface area contributed by atoms with Crippen LogP contribution in [0.5, 0.6) is 0 Å². The number of aliphatic hydroxyl groups is 1. The molecular formula is C12H19O. The lowest BCUT2D eigenvalue weighted by molar-refractivity contribution is -0.0912. The van der Waals surface area contributed by atoms with Crippen LogP contribution in [0.2, 0.25) is 0 Å². The van der Waals surface area contributed by atoms with Gasteiger partial charge in [0.1, 0.15) is 0 Å². The standard InChI is InChI=1S/C12H19O/c1-8(13)12-5-9-2-10(6-12)4-11(3-9)7-12/h2,8-11,13H,3-7H2,1H3. The molecule has 0 heterocycles. The summed E-state index contributed by atoms with van der Waals surface area (Å²) in [6.07, 6.45) is 9.21. The van der Waals surface area contributed by atoms with E-state index >= 15 is 0 Å². The van der Waals surface area contributed by atoms with Gasteiger partial charge in [-0.3, -0.25) is 0 Å². The fourth-order valence-electron chi connectivity index (χ4n) is 4.34. The van der Waals surface area contributed by atoms with Gasteiger partial charge in [-0.25, -0.2) is 0 Å². The Balaban J connectivity index is 1.91. The second kappa shape index (κ2) is 2.50. The topological polar surface area (TPSA) is 20.2 Å². The molecule has 0 amide bonds. The van der Waals surface area contributed by atoms with Gasteiger partial charge in [0.25, 0.3) is 0 Å². The number of hydrogen-bond donors (Lipinski definition) is 1. The largest absolute Gasteiger partial charge is 0.393 e. The van der Waals surface area contributed by atoms with Crippen LogP contribution in [0.15, 0.2) is 0 Å². The molecule has 0 aromatic rings. The average molecular weight is 179 g/mol. The van der Waals surface area contributed by atoms with Gasteiger partial charge in [-0.1, -0.05) is 0 Å². The molecule has 1 nitrogen and oxygen atoms in total. The fourth-order valence-corrected chi connectivity index (χ4v) is 4.34. The van der Waals surface area contributed by atoms with Crippen molar-refractivity contribution < 1.29 is 5.11 Å². The predicted octanol–water partition coefficient (Wildman–Crippen LogP) is 2.40. The number of aliphatic hydroxyl groups excluding tert-OH is 1. The zero-order valence-electron chi connectivity index (χ0n) is 8.37. The molecule has 1 N–H and O–H groups in total. The minimum atomic E-state index is -0.0747. The van der Waals surface area contributed by atoms with Gasteiger partial charge >= 0.3 is 0 Å². The lowest BCUT2D eigenvalue weighted by Crippen LogP contribution is -2.51. The monoisotopic (exact) mass is 179 g/mol. The molecule has 4 bridgehead atoms. The first-order chi connectivity index (χ1) is 6.18. The summed E-state index contributed by atoms with van der Waals surface area (Å²) >= 11 is 0. The number of rotatable bonds is 1. The summed E-state index contributed by atoms with van der Waals surface area (Å²) in [7, 11) is 0. The van der Waals surface area contributed by atoms with Crippen LogP contribution < -0.4 is 0 Å². The van der Waals surface area contributed by atoms with Crippen LogP contribution >= 0.6 is 0 Å². The van der Waals surface area contributed by atoms with Crippen molar-refractivity contribution in [2.45, 2.75) is 45.1 Å². The molecule has 0 spiro atoms. The van der Waals surface area contributed by atoms with Crippen molar-refractivity contribution in [1.82, 2.24) is 0 Å². The van der Waals surface area contributed by atoms with E-state index in [2.05, 4.69) is 6.42 Å². The Kier molecular flexibility index (Phi) is 1.59. The molecule has 3 atom stereocenters. The van der Waals surface area contributed by atoms with Crippen LogP contribution in [0.25, 0.3) is 0 Å². The third kappa shape index (κ3) is 1.09. The molecule has 1 heteroatoms. The molecule has 4 aliphatic rings. The molecule has 0 aliphatic heterocycles. The van der Waals surface area contributed by atoms with Gasteiger partial charge in [0.2, 0.25) is 0 Å². The maximum Gasteiger partial charge on any atom is 0.0568 e. The highest BCUT2D eigenvalue weighted by Crippen LogP contribution is 2.60.